The summed E-state index contributed by atoms with van der Waals surface area (Å²) in [5.74, 6) is 1.81. The molecule has 30 heavy (non-hydrogen) atoms. The highest BCUT2D eigenvalue weighted by molar-refractivity contribution is 5.95. The minimum atomic E-state index is -0.0595. The number of nitrogens with zero attached hydrogens (tertiary/aromatic N) is 3. The minimum absolute atomic E-state index is 0.00924. The zero-order valence-corrected chi connectivity index (χ0v) is 18.7. The standard InChI is InChI=1S/C23H35N3O4/c1-5-24(2)23(28)21(17-8-6-7-9-17)25-12-14-26(15-13-25)22(27)18-10-11-19(29-3)20(16-18)30-4/h10-11,16-17,21H,5-9,12-15H2,1-4H3/t21-/m0/s1. The summed E-state index contributed by atoms with van der Waals surface area (Å²) in [4.78, 5) is 32.1. The van der Waals surface area contributed by atoms with Gasteiger partial charge in [-0.05, 0) is 43.9 Å². The zero-order valence-electron chi connectivity index (χ0n) is 18.7. The Labute approximate surface area is 179 Å². The summed E-state index contributed by atoms with van der Waals surface area (Å²) in [6, 6.07) is 5.21. The normalized spacial score (nSPS) is 18.9. The summed E-state index contributed by atoms with van der Waals surface area (Å²) in [5.41, 5.74) is 0.593. The number of amides is 2. The van der Waals surface area contributed by atoms with Crippen LogP contribution in [-0.4, -0.2) is 86.5 Å². The molecule has 0 bridgehead atoms. The highest BCUT2D eigenvalue weighted by Crippen LogP contribution is 2.32. The van der Waals surface area contributed by atoms with Crippen molar-refractivity contribution < 1.29 is 19.1 Å². The van der Waals surface area contributed by atoms with E-state index in [4.69, 9.17) is 9.47 Å². The smallest absolute Gasteiger partial charge is 0.254 e. The number of likely N-dealkylation sites (N-methyl/N-ethyl adjacent to an activating group) is 1. The van der Waals surface area contributed by atoms with Crippen LogP contribution in [0.5, 0.6) is 11.5 Å². The number of piperazine rings is 1. The van der Waals surface area contributed by atoms with Gasteiger partial charge in [0.2, 0.25) is 5.91 Å². The molecule has 166 valence electrons. The average molecular weight is 418 g/mol. The van der Waals surface area contributed by atoms with Crippen molar-refractivity contribution in [2.75, 3.05) is 54.0 Å². The molecule has 1 heterocycles. The molecule has 7 nitrogen and oxygen atoms in total. The number of benzene rings is 1. The number of ether oxygens (including phenoxy) is 2. The van der Waals surface area contributed by atoms with Crippen LogP contribution in [0, 0.1) is 5.92 Å². The minimum Gasteiger partial charge on any atom is -0.493 e. The molecule has 0 radical (unpaired) electrons. The van der Waals surface area contributed by atoms with Gasteiger partial charge in [-0.2, -0.15) is 0 Å². The number of rotatable bonds is 7. The molecule has 2 fully saturated rings. The lowest BCUT2D eigenvalue weighted by molar-refractivity contribution is -0.138. The topological polar surface area (TPSA) is 62.3 Å². The van der Waals surface area contributed by atoms with Crippen LogP contribution in [0.25, 0.3) is 0 Å². The van der Waals surface area contributed by atoms with E-state index in [2.05, 4.69) is 4.90 Å². The molecule has 7 heteroatoms. The predicted octanol–water partition coefficient (Wildman–Crippen LogP) is 2.50. The molecule has 1 saturated carbocycles. The molecule has 1 aliphatic carbocycles. The summed E-state index contributed by atoms with van der Waals surface area (Å²) in [6.07, 6.45) is 4.67. The Morgan fingerprint density at radius 2 is 1.70 bits per heavy atom. The van der Waals surface area contributed by atoms with Crippen molar-refractivity contribution in [3.05, 3.63) is 23.8 Å². The molecule has 2 aliphatic rings. The SMILES string of the molecule is CCN(C)C(=O)[C@H](C1CCCC1)N1CCN(C(=O)c2ccc(OC)c(OC)c2)CC1. The Balaban J connectivity index is 1.67. The van der Waals surface area contributed by atoms with Gasteiger partial charge in [-0.15, -0.1) is 0 Å². The van der Waals surface area contributed by atoms with Crippen LogP contribution in [-0.2, 0) is 4.79 Å². The van der Waals surface area contributed by atoms with E-state index < -0.39 is 0 Å². The summed E-state index contributed by atoms with van der Waals surface area (Å²) in [6.45, 7) is 5.44. The van der Waals surface area contributed by atoms with Crippen LogP contribution in [0.1, 0.15) is 43.0 Å². The molecule has 1 aromatic rings. The van der Waals surface area contributed by atoms with Crippen LogP contribution in [0.2, 0.25) is 0 Å². The van der Waals surface area contributed by atoms with Gasteiger partial charge in [0, 0.05) is 45.3 Å². The van der Waals surface area contributed by atoms with E-state index in [-0.39, 0.29) is 17.9 Å². The molecule has 0 N–H and O–H groups in total. The van der Waals surface area contributed by atoms with E-state index >= 15 is 0 Å². The fourth-order valence-electron chi connectivity index (χ4n) is 4.67. The van der Waals surface area contributed by atoms with Gasteiger partial charge in [-0.25, -0.2) is 0 Å². The molecule has 0 aromatic heterocycles. The first-order chi connectivity index (χ1) is 14.5. The number of carbonyl (C=O) groups excluding carboxylic acids is 2. The highest BCUT2D eigenvalue weighted by atomic mass is 16.5. The van der Waals surface area contributed by atoms with Crippen LogP contribution < -0.4 is 9.47 Å². The molecule has 0 unspecified atom stereocenters. The Morgan fingerprint density at radius 1 is 1.07 bits per heavy atom. The Bertz CT molecular complexity index is 740. The molecular weight excluding hydrogens is 382 g/mol. The molecule has 1 atom stereocenters. The fourth-order valence-corrected chi connectivity index (χ4v) is 4.67. The fraction of sp³-hybridized carbons (Fsp3) is 0.652. The van der Waals surface area contributed by atoms with Crippen LogP contribution in [0.3, 0.4) is 0 Å². The van der Waals surface area contributed by atoms with Gasteiger partial charge < -0.3 is 19.3 Å². The lowest BCUT2D eigenvalue weighted by atomic mass is 9.94. The Hall–Kier alpha value is -2.28. The van der Waals surface area contributed by atoms with Crippen LogP contribution in [0.4, 0.5) is 0 Å². The average Bonchev–Trinajstić information content (AvgIpc) is 3.32. The van der Waals surface area contributed by atoms with E-state index in [1.165, 1.54) is 12.8 Å². The quantitative estimate of drug-likeness (QED) is 0.682. The monoisotopic (exact) mass is 417 g/mol. The third-order valence-electron chi connectivity index (χ3n) is 6.58. The summed E-state index contributed by atoms with van der Waals surface area (Å²) >= 11 is 0. The number of carbonyl (C=O) groups is 2. The lowest BCUT2D eigenvalue weighted by Gasteiger charge is -2.42. The van der Waals surface area contributed by atoms with E-state index in [0.717, 1.165) is 32.5 Å². The van der Waals surface area contributed by atoms with Gasteiger partial charge in [0.1, 0.15) is 0 Å². The first-order valence-corrected chi connectivity index (χ1v) is 11.0. The summed E-state index contributed by atoms with van der Waals surface area (Å²) < 4.78 is 10.6. The van der Waals surface area contributed by atoms with Crippen molar-refractivity contribution in [3.8, 4) is 11.5 Å². The van der Waals surface area contributed by atoms with Gasteiger partial charge in [-0.3, -0.25) is 14.5 Å². The maximum Gasteiger partial charge on any atom is 0.254 e. The van der Waals surface area contributed by atoms with Crippen LogP contribution in [0.15, 0.2) is 18.2 Å². The highest BCUT2D eigenvalue weighted by Gasteiger charge is 2.38. The third-order valence-corrected chi connectivity index (χ3v) is 6.58. The van der Waals surface area contributed by atoms with Crippen molar-refractivity contribution in [2.24, 2.45) is 5.92 Å². The number of methoxy groups -OCH3 is 2. The second-order valence-corrected chi connectivity index (χ2v) is 8.24. The van der Waals surface area contributed by atoms with Gasteiger partial charge in [0.25, 0.3) is 5.91 Å². The maximum atomic E-state index is 13.1. The van der Waals surface area contributed by atoms with Crippen molar-refractivity contribution >= 4 is 11.8 Å². The van der Waals surface area contributed by atoms with Gasteiger partial charge in [0.05, 0.1) is 20.3 Å². The molecule has 3 rings (SSSR count). The van der Waals surface area contributed by atoms with Crippen LogP contribution >= 0.6 is 0 Å². The van der Waals surface area contributed by atoms with Gasteiger partial charge in [-0.1, -0.05) is 12.8 Å². The lowest BCUT2D eigenvalue weighted by Crippen LogP contribution is -2.58. The molecule has 1 aliphatic heterocycles. The molecule has 2 amide bonds. The number of hydrogen-bond acceptors (Lipinski definition) is 5. The zero-order chi connectivity index (χ0) is 21.7. The Morgan fingerprint density at radius 3 is 2.27 bits per heavy atom. The van der Waals surface area contributed by atoms with Crippen molar-refractivity contribution in [1.29, 1.82) is 0 Å². The molecule has 1 saturated heterocycles. The van der Waals surface area contributed by atoms with Crippen molar-refractivity contribution in [2.45, 2.75) is 38.6 Å². The van der Waals surface area contributed by atoms with Crippen molar-refractivity contribution in [3.63, 3.8) is 0 Å². The Kier molecular flexibility index (Phi) is 7.58. The second kappa shape index (κ2) is 10.2. The van der Waals surface area contributed by atoms with E-state index in [1.54, 1.807) is 32.4 Å². The van der Waals surface area contributed by atoms with Gasteiger partial charge in [0.15, 0.2) is 11.5 Å². The van der Waals surface area contributed by atoms with Gasteiger partial charge >= 0.3 is 0 Å². The van der Waals surface area contributed by atoms with E-state index in [0.29, 0.717) is 36.1 Å². The third kappa shape index (κ3) is 4.72. The largest absolute Gasteiger partial charge is 0.493 e. The summed E-state index contributed by atoms with van der Waals surface area (Å²) in [5, 5.41) is 0. The summed E-state index contributed by atoms with van der Waals surface area (Å²) in [7, 11) is 5.04. The molecule has 1 aromatic carbocycles. The van der Waals surface area contributed by atoms with E-state index in [9.17, 15) is 9.59 Å². The van der Waals surface area contributed by atoms with E-state index in [1.807, 2.05) is 23.8 Å². The second-order valence-electron chi connectivity index (χ2n) is 8.24. The molecular formula is C23H35N3O4. The first-order valence-electron chi connectivity index (χ1n) is 11.0. The first kappa shape index (κ1) is 22.4. The maximum absolute atomic E-state index is 13.1. The van der Waals surface area contributed by atoms with Crippen molar-refractivity contribution in [1.82, 2.24) is 14.7 Å². The predicted molar refractivity (Wildman–Crippen MR) is 116 cm³/mol. The molecule has 0 spiro atoms. The number of hydrogen-bond donors (Lipinski definition) is 0.